The van der Waals surface area contributed by atoms with E-state index in [1.165, 1.54) is 0 Å². The van der Waals surface area contributed by atoms with Crippen LogP contribution in [0.4, 0.5) is 0 Å². The van der Waals surface area contributed by atoms with Crippen LogP contribution in [0.2, 0.25) is 5.15 Å². The number of halogens is 1. The van der Waals surface area contributed by atoms with Crippen LogP contribution in [-0.2, 0) is 11.3 Å². The molecule has 0 aliphatic carbocycles. The number of rotatable bonds is 6. The normalized spacial score (nSPS) is 18.5. The number of amides is 1. The lowest BCUT2D eigenvalue weighted by Crippen LogP contribution is -2.28. The Kier molecular flexibility index (Phi) is 6.25. The average molecular weight is 339 g/mol. The highest BCUT2D eigenvalue weighted by Crippen LogP contribution is 2.23. The molecule has 1 atom stereocenters. The Morgan fingerprint density at radius 2 is 2.26 bits per heavy atom. The molecule has 0 spiro atoms. The Hall–Kier alpha value is -1.33. The topological polar surface area (TPSA) is 50.2 Å². The molecule has 1 saturated heterocycles. The van der Waals surface area contributed by atoms with E-state index < -0.39 is 0 Å². The largest absolute Gasteiger partial charge is 0.339 e. The van der Waals surface area contributed by atoms with Crippen molar-refractivity contribution in [3.63, 3.8) is 0 Å². The summed E-state index contributed by atoms with van der Waals surface area (Å²) >= 11 is 6.40. The summed E-state index contributed by atoms with van der Waals surface area (Å²) in [6.45, 7) is 9.56. The number of hydrogen-bond acceptors (Lipinski definition) is 3. The second kappa shape index (κ2) is 7.97. The highest BCUT2D eigenvalue weighted by molar-refractivity contribution is 6.31. The van der Waals surface area contributed by atoms with Crippen molar-refractivity contribution in [2.24, 2.45) is 11.8 Å². The molecule has 1 aliphatic heterocycles. The van der Waals surface area contributed by atoms with E-state index in [0.29, 0.717) is 17.0 Å². The van der Waals surface area contributed by atoms with Crippen molar-refractivity contribution < 1.29 is 4.79 Å². The number of likely N-dealkylation sites (tertiary alicyclic amines) is 1. The molecule has 23 heavy (non-hydrogen) atoms. The average Bonchev–Trinajstić information content (AvgIpc) is 3.03. The highest BCUT2D eigenvalue weighted by Gasteiger charge is 2.24. The molecule has 5 nitrogen and oxygen atoms in total. The molecule has 1 unspecified atom stereocenters. The van der Waals surface area contributed by atoms with E-state index in [2.05, 4.69) is 24.3 Å². The number of nitrogens with zero attached hydrogens (tertiary/aromatic N) is 3. The van der Waals surface area contributed by atoms with Gasteiger partial charge in [-0.15, -0.1) is 0 Å². The number of aromatic nitrogens is 2. The van der Waals surface area contributed by atoms with Crippen LogP contribution >= 0.6 is 11.6 Å². The standard InChI is InChI=1S/C17H27ClN4O/c1-12(2)10-22-17(18)15(13(3)20-22)5-6-16(23)21-8-7-14(11-21)9-19-4/h5-6,12,14,19H,7-11H2,1-4H3. The smallest absolute Gasteiger partial charge is 0.246 e. The van der Waals surface area contributed by atoms with E-state index in [1.54, 1.807) is 12.2 Å². The van der Waals surface area contributed by atoms with Gasteiger partial charge in [-0.2, -0.15) is 5.10 Å². The summed E-state index contributed by atoms with van der Waals surface area (Å²) in [4.78, 5) is 14.2. The molecule has 0 saturated carbocycles. The van der Waals surface area contributed by atoms with Gasteiger partial charge in [0.2, 0.25) is 5.91 Å². The minimum atomic E-state index is 0.0516. The van der Waals surface area contributed by atoms with E-state index in [9.17, 15) is 4.79 Å². The van der Waals surface area contributed by atoms with E-state index >= 15 is 0 Å². The Morgan fingerprint density at radius 1 is 1.52 bits per heavy atom. The first-order chi connectivity index (χ1) is 10.9. The molecule has 128 valence electrons. The van der Waals surface area contributed by atoms with Gasteiger partial charge in [0.25, 0.3) is 0 Å². The monoisotopic (exact) mass is 338 g/mol. The molecule has 1 N–H and O–H groups in total. The molecule has 1 aliphatic rings. The SMILES string of the molecule is CNCC1CCN(C(=O)C=Cc2c(C)nn(CC(C)C)c2Cl)C1. The molecule has 6 heteroatoms. The lowest BCUT2D eigenvalue weighted by molar-refractivity contribution is -0.125. The van der Waals surface area contributed by atoms with Crippen molar-refractivity contribution in [2.75, 3.05) is 26.7 Å². The highest BCUT2D eigenvalue weighted by atomic mass is 35.5. The van der Waals surface area contributed by atoms with Crippen LogP contribution in [0.25, 0.3) is 6.08 Å². The van der Waals surface area contributed by atoms with Gasteiger partial charge in [0, 0.05) is 31.3 Å². The second-order valence-corrected chi connectivity index (χ2v) is 7.05. The quantitative estimate of drug-likeness (QED) is 0.811. The van der Waals surface area contributed by atoms with Crippen molar-refractivity contribution in [2.45, 2.75) is 33.7 Å². The summed E-state index contributed by atoms with van der Waals surface area (Å²) in [6.07, 6.45) is 4.49. The summed E-state index contributed by atoms with van der Waals surface area (Å²) in [5.74, 6) is 1.08. The fraction of sp³-hybridized carbons (Fsp3) is 0.647. The maximum Gasteiger partial charge on any atom is 0.246 e. The van der Waals surface area contributed by atoms with Crippen LogP contribution in [0.3, 0.4) is 0 Å². The number of aryl methyl sites for hydroxylation is 1. The molecule has 1 aromatic heterocycles. The van der Waals surface area contributed by atoms with Crippen LogP contribution in [0.1, 0.15) is 31.5 Å². The van der Waals surface area contributed by atoms with Crippen LogP contribution in [-0.4, -0.2) is 47.3 Å². The Morgan fingerprint density at radius 3 is 2.91 bits per heavy atom. The van der Waals surface area contributed by atoms with E-state index in [0.717, 1.165) is 43.9 Å². The van der Waals surface area contributed by atoms with Gasteiger partial charge in [-0.05, 0) is 44.8 Å². The molecule has 1 fully saturated rings. The lowest BCUT2D eigenvalue weighted by atomic mass is 10.1. The first-order valence-corrected chi connectivity index (χ1v) is 8.64. The van der Waals surface area contributed by atoms with Gasteiger partial charge in [-0.25, -0.2) is 0 Å². The molecule has 0 bridgehead atoms. The van der Waals surface area contributed by atoms with Crippen molar-refractivity contribution in [3.8, 4) is 0 Å². The molecule has 2 rings (SSSR count). The summed E-state index contributed by atoms with van der Waals surface area (Å²) in [5, 5.41) is 8.24. The Balaban J connectivity index is 2.03. The van der Waals surface area contributed by atoms with Crippen LogP contribution in [0.15, 0.2) is 6.08 Å². The van der Waals surface area contributed by atoms with Gasteiger partial charge < -0.3 is 10.2 Å². The third kappa shape index (κ3) is 4.58. The predicted octanol–water partition coefficient (Wildman–Crippen LogP) is 2.58. The minimum absolute atomic E-state index is 0.0516. The van der Waals surface area contributed by atoms with Crippen molar-refractivity contribution in [1.29, 1.82) is 0 Å². The third-order valence-corrected chi connectivity index (χ3v) is 4.53. The predicted molar refractivity (Wildman–Crippen MR) is 94.5 cm³/mol. The first kappa shape index (κ1) is 18.0. The second-order valence-electron chi connectivity index (χ2n) is 6.70. The third-order valence-electron chi connectivity index (χ3n) is 4.13. The summed E-state index contributed by atoms with van der Waals surface area (Å²) in [5.41, 5.74) is 1.70. The minimum Gasteiger partial charge on any atom is -0.339 e. The van der Waals surface area contributed by atoms with Gasteiger partial charge in [-0.1, -0.05) is 25.4 Å². The van der Waals surface area contributed by atoms with Crippen LogP contribution < -0.4 is 5.32 Å². The number of nitrogens with one attached hydrogen (secondary N) is 1. The maximum absolute atomic E-state index is 12.3. The number of hydrogen-bond donors (Lipinski definition) is 1. The molecule has 0 aromatic carbocycles. The lowest BCUT2D eigenvalue weighted by Gasteiger charge is -2.14. The van der Waals surface area contributed by atoms with E-state index in [4.69, 9.17) is 11.6 Å². The molecule has 1 aromatic rings. The van der Waals surface area contributed by atoms with Crippen molar-refractivity contribution >= 4 is 23.6 Å². The van der Waals surface area contributed by atoms with Gasteiger partial charge in [0.15, 0.2) is 0 Å². The Bertz CT molecular complexity index is 579. The van der Waals surface area contributed by atoms with Crippen LogP contribution in [0, 0.1) is 18.8 Å². The zero-order valence-corrected chi connectivity index (χ0v) is 15.2. The van der Waals surface area contributed by atoms with Crippen molar-refractivity contribution in [1.82, 2.24) is 20.0 Å². The van der Waals surface area contributed by atoms with E-state index in [1.807, 2.05) is 23.6 Å². The summed E-state index contributed by atoms with van der Waals surface area (Å²) < 4.78 is 1.81. The first-order valence-electron chi connectivity index (χ1n) is 8.26. The van der Waals surface area contributed by atoms with Crippen LogP contribution in [0.5, 0.6) is 0 Å². The fourth-order valence-corrected chi connectivity index (χ4v) is 3.28. The van der Waals surface area contributed by atoms with E-state index in [-0.39, 0.29) is 5.91 Å². The molecule has 2 heterocycles. The summed E-state index contributed by atoms with van der Waals surface area (Å²) in [7, 11) is 1.95. The van der Waals surface area contributed by atoms with Gasteiger partial charge in [-0.3, -0.25) is 9.48 Å². The zero-order chi connectivity index (χ0) is 17.0. The molecule has 1 amide bonds. The molecular formula is C17H27ClN4O. The summed E-state index contributed by atoms with van der Waals surface area (Å²) in [6, 6.07) is 0. The molecule has 0 radical (unpaired) electrons. The van der Waals surface area contributed by atoms with Gasteiger partial charge in [0.1, 0.15) is 5.15 Å². The fourth-order valence-electron chi connectivity index (χ4n) is 2.97. The van der Waals surface area contributed by atoms with Gasteiger partial charge in [0.05, 0.1) is 5.69 Å². The Labute approximate surface area is 143 Å². The van der Waals surface area contributed by atoms with Gasteiger partial charge >= 0.3 is 0 Å². The maximum atomic E-state index is 12.3. The number of carbonyl (C=O) groups is 1. The number of carbonyl (C=O) groups excluding carboxylic acids is 1. The van der Waals surface area contributed by atoms with Crippen molar-refractivity contribution in [3.05, 3.63) is 22.5 Å². The zero-order valence-electron chi connectivity index (χ0n) is 14.5. The molecular weight excluding hydrogens is 312 g/mol.